The largest absolute Gasteiger partial charge is 0.398 e. The van der Waals surface area contributed by atoms with Crippen molar-refractivity contribution in [3.05, 3.63) is 29.3 Å². The van der Waals surface area contributed by atoms with E-state index in [2.05, 4.69) is 0 Å². The third-order valence-electron chi connectivity index (χ3n) is 3.23. The Morgan fingerprint density at radius 3 is 3.00 bits per heavy atom. The first-order chi connectivity index (χ1) is 8.11. The van der Waals surface area contributed by atoms with Crippen LogP contribution in [0.5, 0.6) is 0 Å². The number of ether oxygens (including phenoxy) is 1. The topological polar surface area (TPSA) is 55.6 Å². The van der Waals surface area contributed by atoms with E-state index in [1.807, 2.05) is 36.9 Å². The van der Waals surface area contributed by atoms with E-state index in [9.17, 15) is 4.79 Å². The summed E-state index contributed by atoms with van der Waals surface area (Å²) in [4.78, 5) is 14.3. The molecule has 1 aromatic carbocycles. The summed E-state index contributed by atoms with van der Waals surface area (Å²) < 4.78 is 5.33. The van der Waals surface area contributed by atoms with Gasteiger partial charge in [0.1, 0.15) is 0 Å². The molecule has 1 fully saturated rings. The van der Waals surface area contributed by atoms with Crippen LogP contribution in [0, 0.1) is 6.92 Å². The van der Waals surface area contributed by atoms with Crippen LogP contribution in [0.3, 0.4) is 0 Å². The Hall–Kier alpha value is -1.55. The van der Waals surface area contributed by atoms with Crippen LogP contribution < -0.4 is 5.73 Å². The lowest BCUT2D eigenvalue weighted by Crippen LogP contribution is -2.47. The highest BCUT2D eigenvalue weighted by Crippen LogP contribution is 2.19. The zero-order valence-electron chi connectivity index (χ0n) is 10.3. The van der Waals surface area contributed by atoms with E-state index in [1.165, 1.54) is 0 Å². The van der Waals surface area contributed by atoms with Gasteiger partial charge in [0.2, 0.25) is 0 Å². The molecular formula is C13H18N2O2. The Balaban J connectivity index is 2.27. The SMILES string of the molecule is Cc1c(N)cccc1C(=O)N1CCOCC1C. The molecule has 1 aliphatic heterocycles. The summed E-state index contributed by atoms with van der Waals surface area (Å²) in [5.74, 6) is 0.0469. The highest BCUT2D eigenvalue weighted by atomic mass is 16.5. The first-order valence-corrected chi connectivity index (χ1v) is 5.85. The number of carbonyl (C=O) groups is 1. The first-order valence-electron chi connectivity index (χ1n) is 5.85. The van der Waals surface area contributed by atoms with Crippen molar-refractivity contribution in [2.24, 2.45) is 0 Å². The van der Waals surface area contributed by atoms with Crippen molar-refractivity contribution in [1.82, 2.24) is 4.90 Å². The molecule has 17 heavy (non-hydrogen) atoms. The molecule has 1 atom stereocenters. The van der Waals surface area contributed by atoms with Crippen LogP contribution in [0.1, 0.15) is 22.8 Å². The van der Waals surface area contributed by atoms with Gasteiger partial charge in [-0.3, -0.25) is 4.79 Å². The maximum absolute atomic E-state index is 12.4. The van der Waals surface area contributed by atoms with E-state index in [0.717, 1.165) is 5.56 Å². The maximum Gasteiger partial charge on any atom is 0.254 e. The van der Waals surface area contributed by atoms with Crippen molar-refractivity contribution in [2.75, 3.05) is 25.5 Å². The monoisotopic (exact) mass is 234 g/mol. The lowest BCUT2D eigenvalue weighted by atomic mass is 10.0. The zero-order chi connectivity index (χ0) is 12.4. The Labute approximate surface area is 101 Å². The van der Waals surface area contributed by atoms with Crippen LogP contribution in [0.25, 0.3) is 0 Å². The van der Waals surface area contributed by atoms with Gasteiger partial charge in [-0.15, -0.1) is 0 Å². The van der Waals surface area contributed by atoms with E-state index in [4.69, 9.17) is 10.5 Å². The summed E-state index contributed by atoms with van der Waals surface area (Å²) in [6.45, 7) is 5.74. The van der Waals surface area contributed by atoms with Crippen molar-refractivity contribution < 1.29 is 9.53 Å². The summed E-state index contributed by atoms with van der Waals surface area (Å²) in [5.41, 5.74) is 8.04. The van der Waals surface area contributed by atoms with Gasteiger partial charge in [-0.25, -0.2) is 0 Å². The molecule has 1 unspecified atom stereocenters. The standard InChI is InChI=1S/C13H18N2O2/c1-9-8-17-7-6-15(9)13(16)11-4-3-5-12(14)10(11)2/h3-5,9H,6-8,14H2,1-2H3. The third kappa shape index (κ3) is 2.26. The lowest BCUT2D eigenvalue weighted by molar-refractivity contribution is 0.00356. The van der Waals surface area contributed by atoms with E-state index in [0.29, 0.717) is 31.0 Å². The van der Waals surface area contributed by atoms with Gasteiger partial charge in [0, 0.05) is 17.8 Å². The average Bonchev–Trinajstić information content (AvgIpc) is 2.32. The first kappa shape index (κ1) is 11.9. The Morgan fingerprint density at radius 1 is 1.53 bits per heavy atom. The van der Waals surface area contributed by atoms with Crippen LogP contribution in [-0.4, -0.2) is 36.6 Å². The maximum atomic E-state index is 12.4. The number of amides is 1. The molecule has 92 valence electrons. The number of hydrogen-bond acceptors (Lipinski definition) is 3. The van der Waals surface area contributed by atoms with Gasteiger partial charge in [-0.2, -0.15) is 0 Å². The van der Waals surface area contributed by atoms with E-state index >= 15 is 0 Å². The summed E-state index contributed by atoms with van der Waals surface area (Å²) >= 11 is 0. The van der Waals surface area contributed by atoms with Gasteiger partial charge in [0.05, 0.1) is 19.3 Å². The predicted octanol–water partition coefficient (Wildman–Crippen LogP) is 1.44. The van der Waals surface area contributed by atoms with Crippen LogP contribution in [-0.2, 0) is 4.74 Å². The minimum absolute atomic E-state index is 0.0469. The second kappa shape index (κ2) is 4.75. The second-order valence-electron chi connectivity index (χ2n) is 4.44. The quantitative estimate of drug-likeness (QED) is 0.748. The summed E-state index contributed by atoms with van der Waals surface area (Å²) in [6, 6.07) is 5.59. The molecule has 0 aromatic heterocycles. The number of carbonyl (C=O) groups excluding carboxylic acids is 1. The van der Waals surface area contributed by atoms with Crippen molar-refractivity contribution in [3.63, 3.8) is 0 Å². The Morgan fingerprint density at radius 2 is 2.29 bits per heavy atom. The van der Waals surface area contributed by atoms with Gasteiger partial charge in [-0.05, 0) is 31.5 Å². The molecule has 0 saturated carbocycles. The van der Waals surface area contributed by atoms with Gasteiger partial charge in [0.15, 0.2) is 0 Å². The third-order valence-corrected chi connectivity index (χ3v) is 3.23. The Bertz CT molecular complexity index is 431. The number of rotatable bonds is 1. The highest BCUT2D eigenvalue weighted by Gasteiger charge is 2.25. The van der Waals surface area contributed by atoms with Gasteiger partial charge in [-0.1, -0.05) is 6.07 Å². The van der Waals surface area contributed by atoms with Crippen LogP contribution in [0.15, 0.2) is 18.2 Å². The smallest absolute Gasteiger partial charge is 0.254 e. The molecule has 1 heterocycles. The van der Waals surface area contributed by atoms with E-state index in [1.54, 1.807) is 0 Å². The van der Waals surface area contributed by atoms with Crippen molar-refractivity contribution >= 4 is 11.6 Å². The number of anilines is 1. The normalized spacial score (nSPS) is 20.4. The molecule has 2 rings (SSSR count). The molecular weight excluding hydrogens is 216 g/mol. The van der Waals surface area contributed by atoms with Gasteiger partial charge < -0.3 is 15.4 Å². The lowest BCUT2D eigenvalue weighted by Gasteiger charge is -2.33. The van der Waals surface area contributed by atoms with Gasteiger partial charge in [0.25, 0.3) is 5.91 Å². The van der Waals surface area contributed by atoms with E-state index in [-0.39, 0.29) is 11.9 Å². The van der Waals surface area contributed by atoms with E-state index < -0.39 is 0 Å². The fourth-order valence-electron chi connectivity index (χ4n) is 2.07. The molecule has 1 amide bonds. The molecule has 4 heteroatoms. The Kier molecular flexibility index (Phi) is 3.33. The molecule has 0 aliphatic carbocycles. The minimum atomic E-state index is 0.0469. The average molecular weight is 234 g/mol. The van der Waals surface area contributed by atoms with Crippen molar-refractivity contribution in [2.45, 2.75) is 19.9 Å². The van der Waals surface area contributed by atoms with Gasteiger partial charge >= 0.3 is 0 Å². The van der Waals surface area contributed by atoms with Crippen molar-refractivity contribution in [1.29, 1.82) is 0 Å². The molecule has 0 bridgehead atoms. The fraction of sp³-hybridized carbons (Fsp3) is 0.462. The summed E-state index contributed by atoms with van der Waals surface area (Å²) in [6.07, 6.45) is 0. The molecule has 0 radical (unpaired) electrons. The molecule has 2 N–H and O–H groups in total. The van der Waals surface area contributed by atoms with Crippen molar-refractivity contribution in [3.8, 4) is 0 Å². The number of benzene rings is 1. The number of hydrogen-bond donors (Lipinski definition) is 1. The fourth-order valence-corrected chi connectivity index (χ4v) is 2.07. The number of morpholine rings is 1. The van der Waals surface area contributed by atoms with Crippen LogP contribution in [0.2, 0.25) is 0 Å². The number of nitrogens with zero attached hydrogens (tertiary/aromatic N) is 1. The summed E-state index contributed by atoms with van der Waals surface area (Å²) in [7, 11) is 0. The molecule has 0 spiro atoms. The minimum Gasteiger partial charge on any atom is -0.398 e. The van der Waals surface area contributed by atoms with Crippen LogP contribution >= 0.6 is 0 Å². The molecule has 1 saturated heterocycles. The highest BCUT2D eigenvalue weighted by molar-refractivity contribution is 5.97. The summed E-state index contributed by atoms with van der Waals surface area (Å²) in [5, 5.41) is 0. The molecule has 4 nitrogen and oxygen atoms in total. The van der Waals surface area contributed by atoms with Crippen LogP contribution in [0.4, 0.5) is 5.69 Å². The number of nitrogens with two attached hydrogens (primary N) is 1. The zero-order valence-corrected chi connectivity index (χ0v) is 10.3. The molecule has 1 aliphatic rings. The molecule has 1 aromatic rings. The second-order valence-corrected chi connectivity index (χ2v) is 4.44. The predicted molar refractivity (Wildman–Crippen MR) is 66.9 cm³/mol. The number of nitrogen functional groups attached to an aromatic ring is 1.